The third-order valence-corrected chi connectivity index (χ3v) is 5.82. The third-order valence-electron chi connectivity index (χ3n) is 4.55. The number of esters is 1. The van der Waals surface area contributed by atoms with E-state index in [0.717, 1.165) is 11.8 Å². The highest BCUT2D eigenvalue weighted by molar-refractivity contribution is 7.92. The first kappa shape index (κ1) is 20.2. The maximum atomic E-state index is 12.2. The van der Waals surface area contributed by atoms with Crippen molar-refractivity contribution in [3.8, 4) is 0 Å². The fourth-order valence-corrected chi connectivity index (χ4v) is 4.18. The summed E-state index contributed by atoms with van der Waals surface area (Å²) in [5.41, 5.74) is 1.66. The summed E-state index contributed by atoms with van der Waals surface area (Å²) in [4.78, 5) is 24.0. The summed E-state index contributed by atoms with van der Waals surface area (Å²) >= 11 is 0. The van der Waals surface area contributed by atoms with Crippen LogP contribution in [0.1, 0.15) is 43.6 Å². The number of nitrogens with zero attached hydrogens (tertiary/aromatic N) is 1. The minimum Gasteiger partial charge on any atom is -0.452 e. The molecule has 1 aromatic carbocycles. The first-order valence-electron chi connectivity index (χ1n) is 8.59. The lowest BCUT2D eigenvalue weighted by Crippen LogP contribution is -2.38. The van der Waals surface area contributed by atoms with Crippen molar-refractivity contribution >= 4 is 27.6 Å². The van der Waals surface area contributed by atoms with Crippen molar-refractivity contribution < 1.29 is 22.7 Å². The molecule has 8 heteroatoms. The second-order valence-corrected chi connectivity index (χ2v) is 8.99. The van der Waals surface area contributed by atoms with Crippen molar-refractivity contribution in [1.82, 2.24) is 5.32 Å². The Morgan fingerprint density at radius 3 is 2.54 bits per heavy atom. The topological polar surface area (TPSA) is 92.8 Å². The Morgan fingerprint density at radius 2 is 1.96 bits per heavy atom. The molecule has 2 atom stereocenters. The van der Waals surface area contributed by atoms with Gasteiger partial charge in [-0.3, -0.25) is 9.10 Å². The van der Waals surface area contributed by atoms with Crippen LogP contribution < -0.4 is 9.62 Å². The highest BCUT2D eigenvalue weighted by Crippen LogP contribution is 2.34. The Hall–Kier alpha value is -2.09. The van der Waals surface area contributed by atoms with E-state index in [1.54, 1.807) is 12.1 Å². The van der Waals surface area contributed by atoms with Gasteiger partial charge in [-0.2, -0.15) is 0 Å². The lowest BCUT2D eigenvalue weighted by Gasteiger charge is -2.21. The molecule has 1 N–H and O–H groups in total. The fraction of sp³-hybridized carbons (Fsp3) is 0.556. The number of rotatable bonds is 6. The van der Waals surface area contributed by atoms with Gasteiger partial charge in [0.15, 0.2) is 6.61 Å². The molecule has 0 aliphatic carbocycles. The molecule has 26 heavy (non-hydrogen) atoms. The van der Waals surface area contributed by atoms with Crippen molar-refractivity contribution in [2.45, 2.75) is 46.2 Å². The standard InChI is InChI=1S/C18H26N2O5S/c1-11(2)13(4)19-17(21)10-25-18(22)14-6-7-16-15(9-14)8-12(3)20(16)26(5,23)24/h6-7,9,11-13H,8,10H2,1-5H3,(H,19,21)/t12-,13-/m0/s1. The Balaban J connectivity index is 2.04. The van der Waals surface area contributed by atoms with Gasteiger partial charge >= 0.3 is 5.97 Å². The van der Waals surface area contributed by atoms with Crippen molar-refractivity contribution in [1.29, 1.82) is 0 Å². The van der Waals surface area contributed by atoms with Crippen LogP contribution >= 0.6 is 0 Å². The number of benzene rings is 1. The minimum atomic E-state index is -3.37. The molecule has 0 aromatic heterocycles. The first-order valence-corrected chi connectivity index (χ1v) is 10.4. The van der Waals surface area contributed by atoms with Gasteiger partial charge in [-0.25, -0.2) is 13.2 Å². The second-order valence-electron chi connectivity index (χ2n) is 7.13. The van der Waals surface area contributed by atoms with Crippen molar-refractivity contribution in [2.24, 2.45) is 5.92 Å². The summed E-state index contributed by atoms with van der Waals surface area (Å²) in [7, 11) is -3.37. The van der Waals surface area contributed by atoms with E-state index in [-0.39, 0.29) is 30.5 Å². The molecule has 2 rings (SSSR count). The van der Waals surface area contributed by atoms with Crippen molar-refractivity contribution in [3.05, 3.63) is 29.3 Å². The van der Waals surface area contributed by atoms with Gasteiger partial charge in [-0.1, -0.05) is 13.8 Å². The molecule has 1 amide bonds. The Bertz CT molecular complexity index is 804. The van der Waals surface area contributed by atoms with Gasteiger partial charge < -0.3 is 10.1 Å². The molecule has 1 aliphatic heterocycles. The molecule has 1 heterocycles. The number of amides is 1. The summed E-state index contributed by atoms with van der Waals surface area (Å²) in [6.07, 6.45) is 1.69. The molecule has 0 saturated carbocycles. The lowest BCUT2D eigenvalue weighted by molar-refractivity contribution is -0.125. The number of carbonyl (C=O) groups excluding carboxylic acids is 2. The third kappa shape index (κ3) is 4.55. The van der Waals surface area contributed by atoms with Gasteiger partial charge in [-0.15, -0.1) is 0 Å². The zero-order valence-corrected chi connectivity index (χ0v) is 16.6. The molecule has 144 valence electrons. The predicted octanol–water partition coefficient (Wildman–Crippen LogP) is 1.71. The van der Waals surface area contributed by atoms with Crippen molar-refractivity contribution in [3.63, 3.8) is 0 Å². The zero-order valence-electron chi connectivity index (χ0n) is 15.8. The maximum Gasteiger partial charge on any atom is 0.338 e. The van der Waals surface area contributed by atoms with E-state index in [9.17, 15) is 18.0 Å². The largest absolute Gasteiger partial charge is 0.452 e. The quantitative estimate of drug-likeness (QED) is 0.756. The van der Waals surface area contributed by atoms with Crippen LogP contribution in [0.4, 0.5) is 5.69 Å². The zero-order chi connectivity index (χ0) is 19.6. The number of nitrogens with one attached hydrogen (secondary N) is 1. The van der Waals surface area contributed by atoms with Gasteiger partial charge in [-0.05, 0) is 49.9 Å². The van der Waals surface area contributed by atoms with Crippen LogP contribution in [0.25, 0.3) is 0 Å². The average Bonchev–Trinajstić information content (AvgIpc) is 2.87. The molecule has 1 aliphatic rings. The number of sulfonamides is 1. The smallest absolute Gasteiger partial charge is 0.338 e. The van der Waals surface area contributed by atoms with Gasteiger partial charge in [0.05, 0.1) is 17.5 Å². The Morgan fingerprint density at radius 1 is 1.31 bits per heavy atom. The second kappa shape index (κ2) is 7.65. The number of anilines is 1. The van der Waals surface area contributed by atoms with Gasteiger partial charge in [0.25, 0.3) is 5.91 Å². The van der Waals surface area contributed by atoms with Crippen LogP contribution in [0.5, 0.6) is 0 Å². The summed E-state index contributed by atoms with van der Waals surface area (Å²) in [5.74, 6) is -0.672. The van der Waals surface area contributed by atoms with Crippen LogP contribution in [0.2, 0.25) is 0 Å². The van der Waals surface area contributed by atoms with Crippen LogP contribution in [-0.4, -0.2) is 45.2 Å². The van der Waals surface area contributed by atoms with Gasteiger partial charge in [0, 0.05) is 12.1 Å². The van der Waals surface area contributed by atoms with E-state index in [1.807, 2.05) is 27.7 Å². The fourth-order valence-electron chi connectivity index (χ4n) is 2.91. The molecule has 0 fully saturated rings. The summed E-state index contributed by atoms with van der Waals surface area (Å²) in [5, 5.41) is 2.77. The predicted molar refractivity (Wildman–Crippen MR) is 99.7 cm³/mol. The molecular formula is C18H26N2O5S. The van der Waals surface area contributed by atoms with Crippen LogP contribution in [-0.2, 0) is 26.0 Å². The highest BCUT2D eigenvalue weighted by Gasteiger charge is 2.33. The van der Waals surface area contributed by atoms with E-state index in [1.165, 1.54) is 10.4 Å². The van der Waals surface area contributed by atoms with E-state index in [0.29, 0.717) is 17.7 Å². The molecule has 0 radical (unpaired) electrons. The molecule has 7 nitrogen and oxygen atoms in total. The highest BCUT2D eigenvalue weighted by atomic mass is 32.2. The number of hydrogen-bond donors (Lipinski definition) is 1. The average molecular weight is 382 g/mol. The van der Waals surface area contributed by atoms with Crippen LogP contribution in [0, 0.1) is 5.92 Å². The molecule has 1 aromatic rings. The number of carbonyl (C=O) groups is 2. The van der Waals surface area contributed by atoms with Crippen molar-refractivity contribution in [2.75, 3.05) is 17.2 Å². The summed E-state index contributed by atoms with van der Waals surface area (Å²) in [6.45, 7) is 7.34. The molecule has 0 unspecified atom stereocenters. The number of ether oxygens (including phenoxy) is 1. The Labute approximate surface area is 154 Å². The monoisotopic (exact) mass is 382 g/mol. The molecule has 0 spiro atoms. The van der Waals surface area contributed by atoms with E-state index >= 15 is 0 Å². The first-order chi connectivity index (χ1) is 12.0. The van der Waals surface area contributed by atoms with Gasteiger partial charge in [0.2, 0.25) is 10.0 Å². The molecular weight excluding hydrogens is 356 g/mol. The normalized spacial score (nSPS) is 17.8. The summed E-state index contributed by atoms with van der Waals surface area (Å²) in [6, 6.07) is 4.55. The van der Waals surface area contributed by atoms with Crippen LogP contribution in [0.15, 0.2) is 18.2 Å². The van der Waals surface area contributed by atoms with E-state index in [2.05, 4.69) is 5.32 Å². The van der Waals surface area contributed by atoms with Crippen LogP contribution in [0.3, 0.4) is 0 Å². The summed E-state index contributed by atoms with van der Waals surface area (Å²) < 4.78 is 30.3. The van der Waals surface area contributed by atoms with Gasteiger partial charge in [0.1, 0.15) is 0 Å². The number of fused-ring (bicyclic) bond motifs is 1. The molecule has 0 saturated heterocycles. The van der Waals surface area contributed by atoms with E-state index < -0.39 is 16.0 Å². The lowest BCUT2D eigenvalue weighted by atomic mass is 10.1. The number of hydrogen-bond acceptors (Lipinski definition) is 5. The van der Waals surface area contributed by atoms with E-state index in [4.69, 9.17) is 4.74 Å². The minimum absolute atomic E-state index is 0.00957. The Kier molecular flexibility index (Phi) is 5.95. The maximum absolute atomic E-state index is 12.2. The molecule has 0 bridgehead atoms. The SMILES string of the molecule is CC(C)[C@H](C)NC(=O)COC(=O)c1ccc2c(c1)C[C@H](C)N2S(C)(=O)=O.